The molecule has 0 aliphatic carbocycles. The van der Waals surface area contributed by atoms with Gasteiger partial charge in [0.2, 0.25) is 0 Å². The van der Waals surface area contributed by atoms with E-state index in [2.05, 4.69) is 4.74 Å². The molecule has 1 aliphatic rings. The van der Waals surface area contributed by atoms with Crippen LogP contribution in [-0.2, 0) is 20.9 Å². The van der Waals surface area contributed by atoms with Crippen molar-refractivity contribution in [2.45, 2.75) is 32.4 Å². The van der Waals surface area contributed by atoms with Crippen LogP contribution in [0.5, 0.6) is 0 Å². The predicted octanol–water partition coefficient (Wildman–Crippen LogP) is 2.53. The highest BCUT2D eigenvalue weighted by atomic mass is 19.2. The number of ether oxygens (including phenoxy) is 1. The number of rotatable bonds is 4. The lowest BCUT2D eigenvalue weighted by Crippen LogP contribution is -2.35. The van der Waals surface area contributed by atoms with Crippen LogP contribution in [0, 0.1) is 5.92 Å². The van der Waals surface area contributed by atoms with Crippen LogP contribution >= 0.6 is 0 Å². The third-order valence-corrected chi connectivity index (χ3v) is 3.19. The first-order valence-corrected chi connectivity index (χ1v) is 6.64. The van der Waals surface area contributed by atoms with Crippen molar-refractivity contribution in [3.8, 4) is 0 Å². The molecule has 110 valence electrons. The summed E-state index contributed by atoms with van der Waals surface area (Å²) >= 11 is 0. The zero-order valence-corrected chi connectivity index (χ0v) is 11.6. The first kappa shape index (κ1) is 16.3. The Hall–Kier alpha value is -1.75. The highest BCUT2D eigenvalue weighted by Crippen LogP contribution is 2.20. The van der Waals surface area contributed by atoms with E-state index in [-0.39, 0.29) is 12.0 Å². The van der Waals surface area contributed by atoms with Gasteiger partial charge in [0.1, 0.15) is 12.9 Å². The Morgan fingerprint density at radius 3 is 2.60 bits per heavy atom. The lowest BCUT2D eigenvalue weighted by atomic mass is 9.95. The fraction of sp³-hybridized carbons (Fsp3) is 0.467. The van der Waals surface area contributed by atoms with Gasteiger partial charge in [-0.25, -0.2) is 0 Å². The molecule has 1 saturated heterocycles. The minimum Gasteiger partial charge on any atom is -0.463 e. The molecular weight excluding hydrogens is 261 g/mol. The van der Waals surface area contributed by atoms with E-state index in [1.807, 2.05) is 30.3 Å². The number of nitrogens with zero attached hydrogens (tertiary/aromatic N) is 1. The summed E-state index contributed by atoms with van der Waals surface area (Å²) in [5.74, 6) is 0.0852. The lowest BCUT2D eigenvalue weighted by Gasteiger charge is -2.28. The molecule has 0 saturated carbocycles. The topological polar surface area (TPSA) is 46.6 Å². The fourth-order valence-corrected chi connectivity index (χ4v) is 2.01. The molecule has 1 fully saturated rings. The summed E-state index contributed by atoms with van der Waals surface area (Å²) in [6.07, 6.45) is 2.27. The van der Waals surface area contributed by atoms with Crippen molar-refractivity contribution in [1.82, 2.24) is 5.12 Å². The number of benzene rings is 1. The monoisotopic (exact) mass is 281 g/mol. The quantitative estimate of drug-likeness (QED) is 0.628. The van der Waals surface area contributed by atoms with Gasteiger partial charge in [0, 0.05) is 18.5 Å². The van der Waals surface area contributed by atoms with Gasteiger partial charge >= 0.3 is 0 Å². The smallest absolute Gasteiger partial charge is 0.293 e. The molecule has 1 heterocycles. The van der Waals surface area contributed by atoms with Gasteiger partial charge in [-0.2, -0.15) is 0 Å². The number of hydrogen-bond donors (Lipinski definition) is 0. The van der Waals surface area contributed by atoms with Gasteiger partial charge < -0.3 is 9.53 Å². The molecular formula is C15H20FNO3. The number of hydrogen-bond acceptors (Lipinski definition) is 4. The SMILES string of the molecule is CC1CC(C=O)CCN1F.O=COCc1ccccc1. The summed E-state index contributed by atoms with van der Waals surface area (Å²) in [6, 6.07) is 9.47. The van der Waals surface area contributed by atoms with E-state index in [0.717, 1.165) is 17.0 Å². The van der Waals surface area contributed by atoms with Crippen molar-refractivity contribution in [2.75, 3.05) is 6.54 Å². The Kier molecular flexibility index (Phi) is 7.50. The van der Waals surface area contributed by atoms with Gasteiger partial charge in [-0.15, -0.1) is 9.60 Å². The lowest BCUT2D eigenvalue weighted by molar-refractivity contribution is -0.129. The second kappa shape index (κ2) is 9.20. The van der Waals surface area contributed by atoms with E-state index in [1.165, 1.54) is 0 Å². The van der Waals surface area contributed by atoms with Gasteiger partial charge in [0.05, 0.1) is 0 Å². The molecule has 1 aromatic carbocycles. The van der Waals surface area contributed by atoms with Crippen molar-refractivity contribution in [2.24, 2.45) is 5.92 Å². The van der Waals surface area contributed by atoms with Gasteiger partial charge in [-0.1, -0.05) is 30.3 Å². The number of aldehydes is 1. The number of halogens is 1. The summed E-state index contributed by atoms with van der Waals surface area (Å²) in [4.78, 5) is 20.0. The first-order chi connectivity index (χ1) is 9.67. The Morgan fingerprint density at radius 2 is 2.05 bits per heavy atom. The van der Waals surface area contributed by atoms with Crippen LogP contribution in [-0.4, -0.2) is 30.5 Å². The molecule has 20 heavy (non-hydrogen) atoms. The van der Waals surface area contributed by atoms with Gasteiger partial charge in [0.25, 0.3) is 6.47 Å². The highest BCUT2D eigenvalue weighted by Gasteiger charge is 2.24. The zero-order valence-electron chi connectivity index (χ0n) is 11.6. The molecule has 2 atom stereocenters. The molecule has 5 heteroatoms. The van der Waals surface area contributed by atoms with Crippen LogP contribution in [0.1, 0.15) is 25.3 Å². The zero-order chi connectivity index (χ0) is 14.8. The van der Waals surface area contributed by atoms with E-state index in [4.69, 9.17) is 0 Å². The Bertz CT molecular complexity index is 399. The maximum absolute atomic E-state index is 12.6. The summed E-state index contributed by atoms with van der Waals surface area (Å²) in [6.45, 7) is 3.03. The molecule has 4 nitrogen and oxygen atoms in total. The Labute approximate surface area is 118 Å². The third kappa shape index (κ3) is 5.93. The molecule has 1 aliphatic heterocycles. The van der Waals surface area contributed by atoms with Crippen LogP contribution in [0.4, 0.5) is 4.48 Å². The van der Waals surface area contributed by atoms with E-state index >= 15 is 0 Å². The molecule has 1 aromatic rings. The van der Waals surface area contributed by atoms with Crippen LogP contribution in [0.15, 0.2) is 30.3 Å². The Morgan fingerprint density at radius 1 is 1.35 bits per heavy atom. The number of carbonyl (C=O) groups excluding carboxylic acids is 2. The molecule has 0 N–H and O–H groups in total. The predicted molar refractivity (Wildman–Crippen MR) is 73.4 cm³/mol. The average Bonchev–Trinajstić information content (AvgIpc) is 2.49. The second-order valence-electron chi connectivity index (χ2n) is 4.79. The third-order valence-electron chi connectivity index (χ3n) is 3.19. The maximum atomic E-state index is 12.6. The number of piperidine rings is 1. The fourth-order valence-electron chi connectivity index (χ4n) is 2.01. The van der Waals surface area contributed by atoms with E-state index in [1.54, 1.807) is 6.92 Å². The van der Waals surface area contributed by atoms with Crippen molar-refractivity contribution in [1.29, 1.82) is 0 Å². The summed E-state index contributed by atoms with van der Waals surface area (Å²) < 4.78 is 17.1. The van der Waals surface area contributed by atoms with Crippen molar-refractivity contribution >= 4 is 12.8 Å². The molecule has 0 bridgehead atoms. The normalized spacial score (nSPS) is 22.3. The molecule has 0 aromatic heterocycles. The van der Waals surface area contributed by atoms with Crippen molar-refractivity contribution in [3.05, 3.63) is 35.9 Å². The molecule has 2 unspecified atom stereocenters. The Balaban J connectivity index is 0.000000200. The largest absolute Gasteiger partial charge is 0.463 e. The average molecular weight is 281 g/mol. The van der Waals surface area contributed by atoms with E-state index in [0.29, 0.717) is 32.5 Å². The van der Waals surface area contributed by atoms with E-state index in [9.17, 15) is 14.1 Å². The minimum atomic E-state index is -0.0797. The second-order valence-corrected chi connectivity index (χ2v) is 4.79. The van der Waals surface area contributed by atoms with Gasteiger partial charge in [-0.05, 0) is 25.3 Å². The van der Waals surface area contributed by atoms with Gasteiger partial charge in [0.15, 0.2) is 0 Å². The van der Waals surface area contributed by atoms with Crippen molar-refractivity contribution in [3.63, 3.8) is 0 Å². The van der Waals surface area contributed by atoms with Crippen LogP contribution < -0.4 is 0 Å². The van der Waals surface area contributed by atoms with Crippen LogP contribution in [0.3, 0.4) is 0 Å². The van der Waals surface area contributed by atoms with Crippen LogP contribution in [0.2, 0.25) is 0 Å². The van der Waals surface area contributed by atoms with Crippen molar-refractivity contribution < 1.29 is 18.8 Å². The summed E-state index contributed by atoms with van der Waals surface area (Å²) in [7, 11) is 0. The molecule has 0 spiro atoms. The summed E-state index contributed by atoms with van der Waals surface area (Å²) in [5, 5.41) is 0.806. The molecule has 0 amide bonds. The van der Waals surface area contributed by atoms with E-state index < -0.39 is 0 Å². The molecule has 2 rings (SSSR count). The first-order valence-electron chi connectivity index (χ1n) is 6.64. The number of carbonyl (C=O) groups is 2. The molecule has 0 radical (unpaired) electrons. The maximum Gasteiger partial charge on any atom is 0.293 e. The minimum absolute atomic E-state index is 0.0797. The highest BCUT2D eigenvalue weighted by molar-refractivity contribution is 5.53. The summed E-state index contributed by atoms with van der Waals surface area (Å²) in [5.41, 5.74) is 1.01. The van der Waals surface area contributed by atoms with Crippen LogP contribution in [0.25, 0.3) is 0 Å². The standard InChI is InChI=1S/C8H8O2.C7H12FNO/c9-7-10-6-8-4-2-1-3-5-8;1-6-4-7(5-10)2-3-9(6)8/h1-5,7H,6H2;5-7H,2-4H2,1H3. The van der Waals surface area contributed by atoms with Gasteiger partial charge in [-0.3, -0.25) is 4.79 Å².